The van der Waals surface area contributed by atoms with Crippen LogP contribution in [-0.2, 0) is 11.3 Å². The van der Waals surface area contributed by atoms with Gasteiger partial charge in [0.05, 0.1) is 43.4 Å². The zero-order valence-electron chi connectivity index (χ0n) is 13.7. The van der Waals surface area contributed by atoms with E-state index >= 15 is 0 Å². The molecule has 8 heteroatoms. The standard InChI is InChI=1S/C17H20FN5O2/c18-16-2-1-3-17(15(16)8-19)21-13-9-20-23(10-13)12-14(24)11-22-4-6-25-7-5-22/h1-3,9-10,14,21,24H,4-7,11-12H2/t14-/m1/s1. The summed E-state index contributed by atoms with van der Waals surface area (Å²) >= 11 is 0. The van der Waals surface area contributed by atoms with E-state index in [0.29, 0.717) is 37.7 Å². The topological polar surface area (TPSA) is 86.3 Å². The molecular weight excluding hydrogens is 325 g/mol. The average Bonchev–Trinajstić information content (AvgIpc) is 3.03. The van der Waals surface area contributed by atoms with Gasteiger partial charge >= 0.3 is 0 Å². The van der Waals surface area contributed by atoms with E-state index in [1.54, 1.807) is 23.1 Å². The van der Waals surface area contributed by atoms with Crippen LogP contribution in [0.15, 0.2) is 30.6 Å². The summed E-state index contributed by atoms with van der Waals surface area (Å²) in [6.07, 6.45) is 2.75. The van der Waals surface area contributed by atoms with Crippen molar-refractivity contribution in [3.63, 3.8) is 0 Å². The highest BCUT2D eigenvalue weighted by atomic mass is 19.1. The molecule has 0 saturated carbocycles. The van der Waals surface area contributed by atoms with Crippen LogP contribution in [0.25, 0.3) is 0 Å². The number of benzene rings is 1. The summed E-state index contributed by atoms with van der Waals surface area (Å²) in [7, 11) is 0. The molecule has 7 nitrogen and oxygen atoms in total. The van der Waals surface area contributed by atoms with Crippen LogP contribution in [-0.4, -0.2) is 58.7 Å². The van der Waals surface area contributed by atoms with E-state index in [4.69, 9.17) is 10.00 Å². The van der Waals surface area contributed by atoms with Crippen molar-refractivity contribution >= 4 is 11.4 Å². The molecule has 1 aromatic heterocycles. The molecular formula is C17H20FN5O2. The van der Waals surface area contributed by atoms with Gasteiger partial charge in [-0.05, 0) is 12.1 Å². The Kier molecular flexibility index (Phi) is 5.60. The number of rotatable bonds is 6. The predicted octanol–water partition coefficient (Wildman–Crippen LogP) is 1.33. The number of morpholine rings is 1. The first-order valence-corrected chi connectivity index (χ1v) is 8.12. The van der Waals surface area contributed by atoms with Crippen molar-refractivity contribution in [1.82, 2.24) is 14.7 Å². The molecule has 132 valence electrons. The Morgan fingerprint density at radius 2 is 2.16 bits per heavy atom. The lowest BCUT2D eigenvalue weighted by Crippen LogP contribution is -2.42. The summed E-state index contributed by atoms with van der Waals surface area (Å²) in [4.78, 5) is 2.16. The Morgan fingerprint density at radius 3 is 2.92 bits per heavy atom. The third-order valence-electron chi connectivity index (χ3n) is 4.01. The molecule has 0 spiro atoms. The number of aromatic nitrogens is 2. The fourth-order valence-electron chi connectivity index (χ4n) is 2.78. The number of aliphatic hydroxyl groups excluding tert-OH is 1. The second-order valence-electron chi connectivity index (χ2n) is 5.92. The first kappa shape index (κ1) is 17.4. The van der Waals surface area contributed by atoms with Crippen molar-refractivity contribution < 1.29 is 14.2 Å². The number of hydrogen-bond acceptors (Lipinski definition) is 6. The summed E-state index contributed by atoms with van der Waals surface area (Å²) in [5.41, 5.74) is 0.971. The van der Waals surface area contributed by atoms with Gasteiger partial charge in [-0.15, -0.1) is 0 Å². The molecule has 0 unspecified atom stereocenters. The number of ether oxygens (including phenoxy) is 1. The lowest BCUT2D eigenvalue weighted by Gasteiger charge is -2.28. The monoisotopic (exact) mass is 345 g/mol. The molecule has 3 rings (SSSR count). The summed E-state index contributed by atoms with van der Waals surface area (Å²) in [6, 6.07) is 6.26. The van der Waals surface area contributed by atoms with Crippen molar-refractivity contribution in [2.24, 2.45) is 0 Å². The van der Waals surface area contributed by atoms with Crippen molar-refractivity contribution in [2.75, 3.05) is 38.2 Å². The number of halogens is 1. The van der Waals surface area contributed by atoms with Crippen molar-refractivity contribution in [3.8, 4) is 6.07 Å². The van der Waals surface area contributed by atoms with Gasteiger partial charge in [0.2, 0.25) is 0 Å². The molecule has 0 bridgehead atoms. The van der Waals surface area contributed by atoms with E-state index in [-0.39, 0.29) is 5.56 Å². The average molecular weight is 345 g/mol. The van der Waals surface area contributed by atoms with Crippen LogP contribution in [0.5, 0.6) is 0 Å². The molecule has 2 aromatic rings. The Labute approximate surface area is 145 Å². The number of nitrogens with zero attached hydrogens (tertiary/aromatic N) is 4. The van der Waals surface area contributed by atoms with Gasteiger partial charge in [0.25, 0.3) is 0 Å². The fourth-order valence-corrected chi connectivity index (χ4v) is 2.78. The summed E-state index contributed by atoms with van der Waals surface area (Å²) < 4.78 is 20.5. The minimum Gasteiger partial charge on any atom is -0.390 e. The Bertz CT molecular complexity index is 752. The number of nitrogens with one attached hydrogen (secondary N) is 1. The second kappa shape index (κ2) is 8.07. The Morgan fingerprint density at radius 1 is 1.36 bits per heavy atom. The maximum Gasteiger partial charge on any atom is 0.143 e. The molecule has 1 saturated heterocycles. The minimum atomic E-state index is -0.569. The molecule has 1 aliphatic heterocycles. The van der Waals surface area contributed by atoms with Crippen molar-refractivity contribution in [1.29, 1.82) is 5.26 Å². The number of hydrogen-bond donors (Lipinski definition) is 2. The van der Waals surface area contributed by atoms with Gasteiger partial charge in [0.1, 0.15) is 17.4 Å². The molecule has 1 fully saturated rings. The van der Waals surface area contributed by atoms with Crippen LogP contribution in [0.3, 0.4) is 0 Å². The Hall–Kier alpha value is -2.47. The summed E-state index contributed by atoms with van der Waals surface area (Å²) in [5.74, 6) is -0.569. The third-order valence-corrected chi connectivity index (χ3v) is 4.01. The predicted molar refractivity (Wildman–Crippen MR) is 89.9 cm³/mol. The highest BCUT2D eigenvalue weighted by Crippen LogP contribution is 2.22. The first-order valence-electron chi connectivity index (χ1n) is 8.12. The normalized spacial score (nSPS) is 16.4. The van der Waals surface area contributed by atoms with E-state index in [1.807, 2.05) is 6.07 Å². The van der Waals surface area contributed by atoms with Crippen molar-refractivity contribution in [3.05, 3.63) is 42.0 Å². The minimum absolute atomic E-state index is 0.0393. The number of nitriles is 1. The number of β-amino-alcohol motifs (C(OH)–C–C–N with tert-alkyl or cyclic N) is 1. The fraction of sp³-hybridized carbons (Fsp3) is 0.412. The van der Waals surface area contributed by atoms with Crippen LogP contribution in [0.4, 0.5) is 15.8 Å². The number of anilines is 2. The quantitative estimate of drug-likeness (QED) is 0.821. The second-order valence-corrected chi connectivity index (χ2v) is 5.92. The van der Waals surface area contributed by atoms with Crippen LogP contribution in [0, 0.1) is 17.1 Å². The van der Waals surface area contributed by atoms with Gasteiger partial charge in [0.15, 0.2) is 0 Å². The highest BCUT2D eigenvalue weighted by Gasteiger charge is 2.16. The summed E-state index contributed by atoms with van der Waals surface area (Å²) in [5, 5.41) is 26.5. The highest BCUT2D eigenvalue weighted by molar-refractivity contribution is 5.65. The Balaban J connectivity index is 1.59. The maximum absolute atomic E-state index is 13.6. The van der Waals surface area contributed by atoms with Gasteiger partial charge in [0, 0.05) is 25.8 Å². The van der Waals surface area contributed by atoms with E-state index in [0.717, 1.165) is 13.1 Å². The molecule has 1 atom stereocenters. The molecule has 2 N–H and O–H groups in total. The number of aliphatic hydroxyl groups is 1. The van der Waals surface area contributed by atoms with E-state index in [2.05, 4.69) is 15.3 Å². The molecule has 0 aliphatic carbocycles. The van der Waals surface area contributed by atoms with Crippen LogP contribution < -0.4 is 5.32 Å². The molecule has 25 heavy (non-hydrogen) atoms. The lowest BCUT2D eigenvalue weighted by atomic mass is 10.2. The van der Waals surface area contributed by atoms with Crippen LogP contribution in [0.2, 0.25) is 0 Å². The van der Waals surface area contributed by atoms with Crippen LogP contribution in [0.1, 0.15) is 5.56 Å². The zero-order chi connectivity index (χ0) is 17.6. The van der Waals surface area contributed by atoms with Crippen LogP contribution >= 0.6 is 0 Å². The van der Waals surface area contributed by atoms with Gasteiger partial charge in [-0.3, -0.25) is 9.58 Å². The molecule has 0 amide bonds. The van der Waals surface area contributed by atoms with E-state index in [9.17, 15) is 9.50 Å². The third kappa shape index (κ3) is 4.54. The van der Waals surface area contributed by atoms with Gasteiger partial charge < -0.3 is 15.2 Å². The summed E-state index contributed by atoms with van der Waals surface area (Å²) in [6.45, 7) is 3.94. The largest absolute Gasteiger partial charge is 0.390 e. The van der Waals surface area contributed by atoms with Crippen molar-refractivity contribution in [2.45, 2.75) is 12.6 Å². The smallest absolute Gasteiger partial charge is 0.143 e. The molecule has 0 radical (unpaired) electrons. The maximum atomic E-state index is 13.6. The van der Waals surface area contributed by atoms with E-state index < -0.39 is 11.9 Å². The lowest BCUT2D eigenvalue weighted by molar-refractivity contribution is 0.0108. The SMILES string of the molecule is N#Cc1c(F)cccc1Nc1cnn(C[C@H](O)CN2CCOCC2)c1. The zero-order valence-corrected chi connectivity index (χ0v) is 13.7. The van der Waals surface area contributed by atoms with E-state index in [1.165, 1.54) is 12.1 Å². The van der Waals surface area contributed by atoms with Gasteiger partial charge in [-0.1, -0.05) is 6.07 Å². The van der Waals surface area contributed by atoms with Gasteiger partial charge in [-0.2, -0.15) is 10.4 Å². The molecule has 2 heterocycles. The molecule has 1 aromatic carbocycles. The van der Waals surface area contributed by atoms with Gasteiger partial charge in [-0.25, -0.2) is 4.39 Å². The molecule has 1 aliphatic rings. The first-order chi connectivity index (χ1) is 12.2.